The average Bonchev–Trinajstić information content (AvgIpc) is 2.60. The molecule has 2 rings (SSSR count). The molecule has 0 fully saturated rings. The second-order valence-corrected chi connectivity index (χ2v) is 4.71. The van der Waals surface area contributed by atoms with Crippen LogP contribution in [0.15, 0.2) is 48.5 Å². The molecule has 120 valence electrons. The van der Waals surface area contributed by atoms with Crippen molar-refractivity contribution >= 4 is 17.5 Å². The Balaban J connectivity index is 2.15. The van der Waals surface area contributed by atoms with E-state index >= 15 is 0 Å². The van der Waals surface area contributed by atoms with Gasteiger partial charge in [-0.05, 0) is 36.4 Å². The summed E-state index contributed by atoms with van der Waals surface area (Å²) >= 11 is 0. The Labute approximate surface area is 134 Å². The van der Waals surface area contributed by atoms with E-state index in [9.17, 15) is 9.59 Å². The number of amides is 2. The first-order valence-corrected chi connectivity index (χ1v) is 7.09. The van der Waals surface area contributed by atoms with Crippen LogP contribution in [-0.2, 0) is 0 Å². The number of para-hydroxylation sites is 1. The van der Waals surface area contributed by atoms with Gasteiger partial charge in [-0.2, -0.15) is 0 Å². The van der Waals surface area contributed by atoms with Gasteiger partial charge in [-0.3, -0.25) is 9.59 Å². The topological polar surface area (TPSA) is 87.7 Å². The lowest BCUT2D eigenvalue weighted by molar-refractivity contribution is 0.0945. The third-order valence-electron chi connectivity index (χ3n) is 3.17. The third kappa shape index (κ3) is 4.31. The molecular formula is C17H18N2O4. The Bertz CT molecular complexity index is 683. The zero-order valence-corrected chi connectivity index (χ0v) is 12.7. The Kier molecular flexibility index (Phi) is 5.71. The summed E-state index contributed by atoms with van der Waals surface area (Å²) in [6.45, 7) is 0.00566. The van der Waals surface area contributed by atoms with Crippen LogP contribution in [0.5, 0.6) is 5.75 Å². The highest BCUT2D eigenvalue weighted by atomic mass is 16.5. The molecule has 2 amide bonds. The number of anilines is 1. The quantitative estimate of drug-likeness (QED) is 0.757. The number of nitrogens with one attached hydrogen (secondary N) is 2. The molecule has 0 unspecified atom stereocenters. The van der Waals surface area contributed by atoms with Crippen LogP contribution < -0.4 is 15.4 Å². The average molecular weight is 314 g/mol. The molecule has 0 aliphatic rings. The van der Waals surface area contributed by atoms with Crippen LogP contribution in [-0.4, -0.2) is 37.2 Å². The summed E-state index contributed by atoms with van der Waals surface area (Å²) in [7, 11) is 1.55. The van der Waals surface area contributed by atoms with E-state index in [0.29, 0.717) is 22.6 Å². The maximum Gasteiger partial charge on any atom is 0.255 e. The fourth-order valence-electron chi connectivity index (χ4n) is 1.99. The predicted molar refractivity (Wildman–Crippen MR) is 86.8 cm³/mol. The summed E-state index contributed by atoms with van der Waals surface area (Å²) in [6.07, 6.45) is 0. The molecule has 0 saturated carbocycles. The van der Waals surface area contributed by atoms with E-state index < -0.39 is 0 Å². The summed E-state index contributed by atoms with van der Waals surface area (Å²) < 4.78 is 5.05. The number of rotatable bonds is 6. The Hall–Kier alpha value is -2.86. The van der Waals surface area contributed by atoms with Gasteiger partial charge in [0.1, 0.15) is 5.75 Å². The molecule has 2 aromatic rings. The number of carbonyl (C=O) groups is 2. The van der Waals surface area contributed by atoms with Gasteiger partial charge in [0.2, 0.25) is 0 Å². The van der Waals surface area contributed by atoms with Crippen molar-refractivity contribution in [1.29, 1.82) is 0 Å². The molecule has 0 atom stereocenters. The zero-order valence-electron chi connectivity index (χ0n) is 12.7. The van der Waals surface area contributed by atoms with E-state index in [2.05, 4.69) is 10.6 Å². The van der Waals surface area contributed by atoms with E-state index in [1.54, 1.807) is 55.6 Å². The SMILES string of the molecule is COc1ccc(C(=O)Nc2ccccc2C(=O)NCCO)cc1. The second-order valence-electron chi connectivity index (χ2n) is 4.71. The Morgan fingerprint density at radius 3 is 2.39 bits per heavy atom. The number of ether oxygens (including phenoxy) is 1. The molecule has 0 saturated heterocycles. The van der Waals surface area contributed by atoms with Gasteiger partial charge >= 0.3 is 0 Å². The molecule has 2 aromatic carbocycles. The van der Waals surface area contributed by atoms with Crippen molar-refractivity contribution in [2.75, 3.05) is 25.6 Å². The maximum atomic E-state index is 12.3. The standard InChI is InChI=1S/C17H18N2O4/c1-23-13-8-6-12(7-9-13)16(21)19-15-5-3-2-4-14(15)17(22)18-10-11-20/h2-9,20H,10-11H2,1H3,(H,18,22)(H,19,21). The Morgan fingerprint density at radius 1 is 1.04 bits per heavy atom. The summed E-state index contributed by atoms with van der Waals surface area (Å²) in [5, 5.41) is 14.1. The monoisotopic (exact) mass is 314 g/mol. The van der Waals surface area contributed by atoms with E-state index in [4.69, 9.17) is 9.84 Å². The highest BCUT2D eigenvalue weighted by molar-refractivity contribution is 6.09. The molecule has 0 aromatic heterocycles. The van der Waals surface area contributed by atoms with Crippen molar-refractivity contribution in [2.45, 2.75) is 0 Å². The minimum Gasteiger partial charge on any atom is -0.497 e. The number of hydrogen-bond acceptors (Lipinski definition) is 4. The minimum atomic E-state index is -0.357. The molecular weight excluding hydrogens is 296 g/mol. The van der Waals surface area contributed by atoms with Gasteiger partial charge in [-0.1, -0.05) is 12.1 Å². The van der Waals surface area contributed by atoms with Crippen molar-refractivity contribution in [3.63, 3.8) is 0 Å². The first-order valence-electron chi connectivity index (χ1n) is 7.09. The number of methoxy groups -OCH3 is 1. The molecule has 0 aliphatic carbocycles. The number of carbonyl (C=O) groups excluding carboxylic acids is 2. The van der Waals surface area contributed by atoms with Crippen LogP contribution in [0.3, 0.4) is 0 Å². The van der Waals surface area contributed by atoms with Gasteiger partial charge < -0.3 is 20.5 Å². The number of benzene rings is 2. The van der Waals surface area contributed by atoms with Gasteiger partial charge in [-0.25, -0.2) is 0 Å². The molecule has 0 bridgehead atoms. The molecule has 0 spiro atoms. The van der Waals surface area contributed by atoms with Crippen LogP contribution in [0.4, 0.5) is 5.69 Å². The summed E-state index contributed by atoms with van der Waals surface area (Å²) in [4.78, 5) is 24.3. The largest absolute Gasteiger partial charge is 0.497 e. The number of aliphatic hydroxyl groups excluding tert-OH is 1. The van der Waals surface area contributed by atoms with Crippen LogP contribution >= 0.6 is 0 Å². The summed E-state index contributed by atoms with van der Waals surface area (Å²) in [5.74, 6) is -0.0231. The van der Waals surface area contributed by atoms with Crippen LogP contribution in [0, 0.1) is 0 Å². The van der Waals surface area contributed by atoms with Crippen LogP contribution in [0.25, 0.3) is 0 Å². The molecule has 0 radical (unpaired) electrons. The van der Waals surface area contributed by atoms with E-state index in [1.807, 2.05) is 0 Å². The van der Waals surface area contributed by atoms with Crippen molar-refractivity contribution in [3.8, 4) is 5.75 Å². The summed E-state index contributed by atoms with van der Waals surface area (Å²) in [6, 6.07) is 13.4. The fourth-order valence-corrected chi connectivity index (χ4v) is 1.99. The first-order chi connectivity index (χ1) is 11.2. The molecule has 6 nitrogen and oxygen atoms in total. The Morgan fingerprint density at radius 2 is 1.74 bits per heavy atom. The molecule has 0 aliphatic heterocycles. The number of aliphatic hydroxyl groups is 1. The smallest absolute Gasteiger partial charge is 0.255 e. The first kappa shape index (κ1) is 16.5. The fraction of sp³-hybridized carbons (Fsp3) is 0.176. The predicted octanol–water partition coefficient (Wildman–Crippen LogP) is 1.67. The van der Waals surface area contributed by atoms with E-state index in [-0.39, 0.29) is 25.0 Å². The van der Waals surface area contributed by atoms with Gasteiger partial charge in [0.25, 0.3) is 11.8 Å². The van der Waals surface area contributed by atoms with E-state index in [0.717, 1.165) is 0 Å². The molecule has 23 heavy (non-hydrogen) atoms. The van der Waals surface area contributed by atoms with Gasteiger partial charge in [-0.15, -0.1) is 0 Å². The highest BCUT2D eigenvalue weighted by Gasteiger charge is 2.13. The van der Waals surface area contributed by atoms with Gasteiger partial charge in [0, 0.05) is 12.1 Å². The third-order valence-corrected chi connectivity index (χ3v) is 3.17. The zero-order chi connectivity index (χ0) is 16.7. The van der Waals surface area contributed by atoms with Crippen molar-refractivity contribution < 1.29 is 19.4 Å². The lowest BCUT2D eigenvalue weighted by Crippen LogP contribution is -2.27. The summed E-state index contributed by atoms with van der Waals surface area (Å²) in [5.41, 5.74) is 1.20. The normalized spacial score (nSPS) is 10.0. The molecule has 3 N–H and O–H groups in total. The lowest BCUT2D eigenvalue weighted by atomic mass is 10.1. The maximum absolute atomic E-state index is 12.3. The minimum absolute atomic E-state index is 0.147. The molecule has 0 heterocycles. The lowest BCUT2D eigenvalue weighted by Gasteiger charge is -2.11. The van der Waals surface area contributed by atoms with Crippen LogP contribution in [0.1, 0.15) is 20.7 Å². The molecule has 6 heteroatoms. The second kappa shape index (κ2) is 7.95. The van der Waals surface area contributed by atoms with Crippen molar-refractivity contribution in [1.82, 2.24) is 5.32 Å². The van der Waals surface area contributed by atoms with Crippen LogP contribution in [0.2, 0.25) is 0 Å². The van der Waals surface area contributed by atoms with E-state index in [1.165, 1.54) is 0 Å². The highest BCUT2D eigenvalue weighted by Crippen LogP contribution is 2.17. The van der Waals surface area contributed by atoms with Gasteiger partial charge in [0.15, 0.2) is 0 Å². The van der Waals surface area contributed by atoms with Crippen molar-refractivity contribution in [3.05, 3.63) is 59.7 Å². The van der Waals surface area contributed by atoms with Gasteiger partial charge in [0.05, 0.1) is 25.0 Å². The van der Waals surface area contributed by atoms with Crippen molar-refractivity contribution in [2.24, 2.45) is 0 Å². The number of hydrogen-bond donors (Lipinski definition) is 3.